The number of pyridine rings is 1. The largest absolute Gasteiger partial charge is 0.508 e. The highest BCUT2D eigenvalue weighted by atomic mass is 35.5. The predicted octanol–water partition coefficient (Wildman–Crippen LogP) is 5.16. The van der Waals surface area contributed by atoms with Crippen molar-refractivity contribution in [2.24, 2.45) is 0 Å². The van der Waals surface area contributed by atoms with E-state index >= 15 is 0 Å². The Morgan fingerprint density at radius 2 is 1.74 bits per heavy atom. The summed E-state index contributed by atoms with van der Waals surface area (Å²) in [6.07, 6.45) is 0. The minimum absolute atomic E-state index is 0.133. The fourth-order valence-corrected chi connectivity index (χ4v) is 3.79. The van der Waals surface area contributed by atoms with Crippen LogP contribution in [0.25, 0.3) is 21.5 Å². The number of nitrogens with zero attached hydrogens (tertiary/aromatic N) is 1. The first-order chi connectivity index (χ1) is 13.0. The minimum Gasteiger partial charge on any atom is -0.508 e. The van der Waals surface area contributed by atoms with E-state index in [2.05, 4.69) is 10.3 Å². The summed E-state index contributed by atoms with van der Waals surface area (Å²) in [6.45, 7) is 0. The molecule has 2 aromatic carbocycles. The fourth-order valence-electron chi connectivity index (χ4n) is 2.68. The van der Waals surface area contributed by atoms with Crippen LogP contribution in [-0.2, 0) is 0 Å². The number of aromatic nitrogens is 1. The average Bonchev–Trinajstić information content (AvgIpc) is 3.00. The number of benzene rings is 2. The molecule has 4 rings (SSSR count). The van der Waals surface area contributed by atoms with Gasteiger partial charge in [0.05, 0.1) is 11.4 Å². The number of nitrogen functional groups attached to an aromatic ring is 1. The number of hydrogen-bond acceptors (Lipinski definition) is 5. The first-order valence-electron chi connectivity index (χ1n) is 8.06. The maximum absolute atomic E-state index is 12.6. The number of phenols is 1. The molecule has 2 aromatic heterocycles. The Bertz CT molecular complexity index is 1140. The average molecular weight is 396 g/mol. The smallest absolute Gasteiger partial charge is 0.267 e. The van der Waals surface area contributed by atoms with Crippen molar-refractivity contribution in [2.75, 3.05) is 11.1 Å². The van der Waals surface area contributed by atoms with Crippen molar-refractivity contribution in [1.82, 2.24) is 4.98 Å². The summed E-state index contributed by atoms with van der Waals surface area (Å²) in [7, 11) is 0. The lowest BCUT2D eigenvalue weighted by Gasteiger charge is -2.04. The summed E-state index contributed by atoms with van der Waals surface area (Å²) >= 11 is 7.18. The molecule has 0 unspecified atom stereocenters. The third-order valence-corrected chi connectivity index (χ3v) is 5.43. The maximum atomic E-state index is 12.6. The van der Waals surface area contributed by atoms with Gasteiger partial charge in [0.1, 0.15) is 15.5 Å². The van der Waals surface area contributed by atoms with E-state index < -0.39 is 0 Å². The highest BCUT2D eigenvalue weighted by Gasteiger charge is 2.18. The number of thiophene rings is 1. The van der Waals surface area contributed by atoms with Crippen LogP contribution in [0.1, 0.15) is 9.67 Å². The number of carbonyl (C=O) groups is 1. The van der Waals surface area contributed by atoms with Gasteiger partial charge in [-0.25, -0.2) is 4.98 Å². The standard InChI is InChI=1S/C20H14ClN3O2S/c21-12-3-1-11(2-4-12)16-10-9-15-17(22)18(27-20(15)24-16)19(26)23-13-5-7-14(25)8-6-13/h1-10,25H,22H2,(H,23,26). The molecular weight excluding hydrogens is 382 g/mol. The van der Waals surface area contributed by atoms with Gasteiger partial charge in [-0.2, -0.15) is 0 Å². The van der Waals surface area contributed by atoms with Crippen molar-refractivity contribution in [3.8, 4) is 17.0 Å². The fraction of sp³-hybridized carbons (Fsp3) is 0. The van der Waals surface area contributed by atoms with Crippen molar-refractivity contribution in [2.45, 2.75) is 0 Å². The molecule has 4 aromatic rings. The Morgan fingerprint density at radius 3 is 2.44 bits per heavy atom. The molecule has 134 valence electrons. The number of hydrogen-bond donors (Lipinski definition) is 3. The highest BCUT2D eigenvalue weighted by molar-refractivity contribution is 7.21. The molecule has 0 aliphatic rings. The molecule has 0 atom stereocenters. The number of fused-ring (bicyclic) bond motifs is 1. The molecule has 4 N–H and O–H groups in total. The second-order valence-corrected chi connectivity index (χ2v) is 7.34. The van der Waals surface area contributed by atoms with E-state index in [-0.39, 0.29) is 11.7 Å². The number of anilines is 2. The van der Waals surface area contributed by atoms with Crippen molar-refractivity contribution in [3.05, 3.63) is 70.6 Å². The molecule has 1 amide bonds. The molecular formula is C20H14ClN3O2S. The summed E-state index contributed by atoms with van der Waals surface area (Å²) < 4.78 is 0. The van der Waals surface area contributed by atoms with Crippen LogP contribution < -0.4 is 11.1 Å². The SMILES string of the molecule is Nc1c(C(=O)Nc2ccc(O)cc2)sc2nc(-c3ccc(Cl)cc3)ccc12. The van der Waals surface area contributed by atoms with Gasteiger partial charge in [-0.05, 0) is 48.5 Å². The van der Waals surface area contributed by atoms with E-state index in [9.17, 15) is 9.90 Å². The van der Waals surface area contributed by atoms with Crippen molar-refractivity contribution in [3.63, 3.8) is 0 Å². The number of carbonyl (C=O) groups excluding carboxylic acids is 1. The van der Waals surface area contributed by atoms with E-state index in [1.165, 1.54) is 23.5 Å². The number of nitrogens with two attached hydrogens (primary N) is 1. The molecule has 0 saturated heterocycles. The number of phenolic OH excluding ortho intramolecular Hbond substituents is 1. The molecule has 0 bridgehead atoms. The third-order valence-electron chi connectivity index (χ3n) is 4.07. The topological polar surface area (TPSA) is 88.2 Å². The van der Waals surface area contributed by atoms with E-state index in [0.29, 0.717) is 26.1 Å². The Labute approximate surface area is 164 Å². The van der Waals surface area contributed by atoms with Crippen LogP contribution in [0.3, 0.4) is 0 Å². The van der Waals surface area contributed by atoms with E-state index in [4.69, 9.17) is 17.3 Å². The van der Waals surface area contributed by atoms with Gasteiger partial charge in [0, 0.05) is 21.7 Å². The van der Waals surface area contributed by atoms with E-state index in [0.717, 1.165) is 16.6 Å². The lowest BCUT2D eigenvalue weighted by Crippen LogP contribution is -2.11. The van der Waals surface area contributed by atoms with E-state index in [1.54, 1.807) is 12.1 Å². The maximum Gasteiger partial charge on any atom is 0.267 e. The van der Waals surface area contributed by atoms with Crippen LogP contribution in [0, 0.1) is 0 Å². The second-order valence-electron chi connectivity index (χ2n) is 5.90. The molecule has 7 heteroatoms. The minimum atomic E-state index is -0.311. The van der Waals surface area contributed by atoms with Gasteiger partial charge >= 0.3 is 0 Å². The number of nitrogens with one attached hydrogen (secondary N) is 1. The summed E-state index contributed by atoms with van der Waals surface area (Å²) in [5, 5.41) is 13.5. The van der Waals surface area contributed by atoms with Gasteiger partial charge in [0.2, 0.25) is 0 Å². The molecule has 0 aliphatic heterocycles. The lowest BCUT2D eigenvalue weighted by atomic mass is 10.1. The first-order valence-corrected chi connectivity index (χ1v) is 9.26. The molecule has 2 heterocycles. The quantitative estimate of drug-likeness (QED) is 0.418. The summed E-state index contributed by atoms with van der Waals surface area (Å²) in [4.78, 5) is 18.3. The molecule has 5 nitrogen and oxygen atoms in total. The van der Waals surface area contributed by atoms with Crippen LogP contribution in [0.4, 0.5) is 11.4 Å². The van der Waals surface area contributed by atoms with Gasteiger partial charge in [0.25, 0.3) is 5.91 Å². The highest BCUT2D eigenvalue weighted by Crippen LogP contribution is 2.34. The first kappa shape index (κ1) is 17.3. The monoisotopic (exact) mass is 395 g/mol. The van der Waals surface area contributed by atoms with Gasteiger partial charge in [-0.1, -0.05) is 23.7 Å². The van der Waals surface area contributed by atoms with Crippen LogP contribution in [0.2, 0.25) is 5.02 Å². The number of halogens is 1. The van der Waals surface area contributed by atoms with Crippen molar-refractivity contribution < 1.29 is 9.90 Å². The predicted molar refractivity (Wildman–Crippen MR) is 111 cm³/mol. The number of aromatic hydroxyl groups is 1. The zero-order valence-corrected chi connectivity index (χ0v) is 15.5. The Balaban J connectivity index is 1.67. The van der Waals surface area contributed by atoms with Gasteiger partial charge in [0.15, 0.2) is 0 Å². The normalized spacial score (nSPS) is 10.9. The molecule has 0 aliphatic carbocycles. The number of rotatable bonds is 3. The van der Waals surface area contributed by atoms with Gasteiger partial charge in [-0.15, -0.1) is 11.3 Å². The molecule has 0 saturated carbocycles. The zero-order valence-electron chi connectivity index (χ0n) is 13.9. The number of amides is 1. The molecule has 0 spiro atoms. The summed E-state index contributed by atoms with van der Waals surface area (Å²) in [5.41, 5.74) is 8.87. The Hall–Kier alpha value is -3.09. The Morgan fingerprint density at radius 1 is 1.04 bits per heavy atom. The Kier molecular flexibility index (Phi) is 4.43. The van der Waals surface area contributed by atoms with Crippen LogP contribution in [0.5, 0.6) is 5.75 Å². The molecule has 0 radical (unpaired) electrons. The van der Waals surface area contributed by atoms with Crippen LogP contribution in [-0.4, -0.2) is 16.0 Å². The lowest BCUT2D eigenvalue weighted by molar-refractivity contribution is 0.103. The van der Waals surface area contributed by atoms with Crippen molar-refractivity contribution in [1.29, 1.82) is 0 Å². The summed E-state index contributed by atoms with van der Waals surface area (Å²) in [6, 6.07) is 17.4. The molecule has 0 fully saturated rings. The van der Waals surface area contributed by atoms with Gasteiger partial charge < -0.3 is 16.2 Å². The van der Waals surface area contributed by atoms with Crippen LogP contribution >= 0.6 is 22.9 Å². The third kappa shape index (κ3) is 3.45. The zero-order chi connectivity index (χ0) is 19.0. The molecule has 27 heavy (non-hydrogen) atoms. The van der Waals surface area contributed by atoms with Gasteiger partial charge in [-0.3, -0.25) is 4.79 Å². The van der Waals surface area contributed by atoms with Crippen LogP contribution in [0.15, 0.2) is 60.7 Å². The van der Waals surface area contributed by atoms with Crippen molar-refractivity contribution >= 4 is 50.4 Å². The summed E-state index contributed by atoms with van der Waals surface area (Å²) in [5.74, 6) is -0.178. The van der Waals surface area contributed by atoms with E-state index in [1.807, 2.05) is 36.4 Å². The second kappa shape index (κ2) is 6.90.